The lowest BCUT2D eigenvalue weighted by atomic mass is 10.1. The number of aromatic nitrogens is 4. The van der Waals surface area contributed by atoms with E-state index in [0.717, 1.165) is 18.4 Å². The number of hydrogen-bond acceptors (Lipinski definition) is 5. The smallest absolute Gasteiger partial charge is 0.163 e. The number of likely N-dealkylation sites (tertiary alicyclic amines) is 1. The summed E-state index contributed by atoms with van der Waals surface area (Å²) in [4.78, 5) is 10.6. The van der Waals surface area contributed by atoms with Crippen molar-refractivity contribution >= 4 is 11.0 Å². The van der Waals surface area contributed by atoms with Crippen molar-refractivity contribution in [3.8, 4) is 0 Å². The van der Waals surface area contributed by atoms with Crippen LogP contribution in [0.15, 0.2) is 18.7 Å². The molecule has 1 unspecified atom stereocenters. The minimum atomic E-state index is -0.604. The summed E-state index contributed by atoms with van der Waals surface area (Å²) in [6.07, 6.45) is 9.96. The molecule has 1 atom stereocenters. The van der Waals surface area contributed by atoms with Crippen LogP contribution < -0.4 is 0 Å². The average Bonchev–Trinajstić information content (AvgIpc) is 2.92. The highest BCUT2D eigenvalue weighted by molar-refractivity contribution is 5.72. The van der Waals surface area contributed by atoms with E-state index in [1.54, 1.807) is 17.1 Å². The van der Waals surface area contributed by atoms with Gasteiger partial charge in [0.15, 0.2) is 5.65 Å². The molecule has 1 aliphatic rings. The fraction of sp³-hybridized carbons (Fsp3) is 0.643. The number of piperidine rings is 1. The summed E-state index contributed by atoms with van der Waals surface area (Å²) in [5, 5.41) is 15.3. The third kappa shape index (κ3) is 2.96. The van der Waals surface area contributed by atoms with Crippen LogP contribution in [0.4, 0.5) is 0 Å². The monoisotopic (exact) mass is 275 g/mol. The molecule has 0 radical (unpaired) electrons. The van der Waals surface area contributed by atoms with E-state index in [9.17, 15) is 5.11 Å². The molecule has 1 saturated heterocycles. The first kappa shape index (κ1) is 13.5. The van der Waals surface area contributed by atoms with Gasteiger partial charge >= 0.3 is 0 Å². The van der Waals surface area contributed by atoms with Crippen LogP contribution in [0.1, 0.15) is 38.3 Å². The van der Waals surface area contributed by atoms with Gasteiger partial charge in [-0.25, -0.2) is 14.6 Å². The Morgan fingerprint density at radius 3 is 2.90 bits per heavy atom. The molecule has 1 aliphatic heterocycles. The van der Waals surface area contributed by atoms with E-state index in [0.29, 0.717) is 12.1 Å². The zero-order valence-corrected chi connectivity index (χ0v) is 11.6. The van der Waals surface area contributed by atoms with Gasteiger partial charge in [-0.15, -0.1) is 0 Å². The highest BCUT2D eigenvalue weighted by atomic mass is 16.3. The Kier molecular flexibility index (Phi) is 4.22. The minimum absolute atomic E-state index is 0.604. The van der Waals surface area contributed by atoms with Crippen LogP contribution in [-0.4, -0.2) is 49.4 Å². The fourth-order valence-corrected chi connectivity index (χ4v) is 2.82. The number of aliphatic hydroxyl groups excluding tert-OH is 1. The van der Waals surface area contributed by atoms with E-state index in [4.69, 9.17) is 0 Å². The van der Waals surface area contributed by atoms with Crippen LogP contribution in [0.5, 0.6) is 0 Å². The Balaban J connectivity index is 1.54. The molecule has 2 aromatic heterocycles. The summed E-state index contributed by atoms with van der Waals surface area (Å²) in [6.45, 7) is 3.47. The molecule has 0 amide bonds. The Hall–Kier alpha value is -1.53. The van der Waals surface area contributed by atoms with Crippen molar-refractivity contribution in [2.45, 2.75) is 38.3 Å². The number of rotatable bonds is 5. The van der Waals surface area contributed by atoms with Gasteiger partial charge in [-0.2, -0.15) is 5.10 Å². The predicted molar refractivity (Wildman–Crippen MR) is 76.1 cm³/mol. The van der Waals surface area contributed by atoms with Crippen molar-refractivity contribution in [3.05, 3.63) is 18.7 Å². The van der Waals surface area contributed by atoms with Crippen molar-refractivity contribution < 1.29 is 5.11 Å². The van der Waals surface area contributed by atoms with Gasteiger partial charge in [0.1, 0.15) is 12.6 Å². The topological polar surface area (TPSA) is 67.1 Å². The maximum atomic E-state index is 10.3. The van der Waals surface area contributed by atoms with E-state index in [-0.39, 0.29) is 0 Å². The Labute approximate surface area is 118 Å². The highest BCUT2D eigenvalue weighted by Crippen LogP contribution is 2.17. The van der Waals surface area contributed by atoms with E-state index in [1.165, 1.54) is 38.7 Å². The molecule has 0 bridgehead atoms. The molecule has 3 heterocycles. The maximum absolute atomic E-state index is 10.3. The first-order valence-corrected chi connectivity index (χ1v) is 7.38. The average molecular weight is 275 g/mol. The van der Waals surface area contributed by atoms with Crippen molar-refractivity contribution in [1.82, 2.24) is 24.6 Å². The molecule has 2 aromatic rings. The molecule has 6 nitrogen and oxygen atoms in total. The van der Waals surface area contributed by atoms with Crippen LogP contribution in [0, 0.1) is 0 Å². The molecular weight excluding hydrogens is 254 g/mol. The predicted octanol–water partition coefficient (Wildman–Crippen LogP) is 1.58. The zero-order valence-electron chi connectivity index (χ0n) is 11.6. The summed E-state index contributed by atoms with van der Waals surface area (Å²) >= 11 is 0. The van der Waals surface area contributed by atoms with Crippen LogP contribution >= 0.6 is 0 Å². The van der Waals surface area contributed by atoms with Gasteiger partial charge in [0, 0.05) is 6.20 Å². The van der Waals surface area contributed by atoms with Gasteiger partial charge in [-0.3, -0.25) is 0 Å². The lowest BCUT2D eigenvalue weighted by molar-refractivity contribution is 0.0781. The fourth-order valence-electron chi connectivity index (χ4n) is 2.82. The Bertz CT molecular complexity index is 549. The van der Waals surface area contributed by atoms with Gasteiger partial charge in [-0.05, 0) is 45.3 Å². The summed E-state index contributed by atoms with van der Waals surface area (Å²) in [5.41, 5.74) is 0.700. The van der Waals surface area contributed by atoms with E-state index < -0.39 is 6.23 Å². The summed E-state index contributed by atoms with van der Waals surface area (Å²) in [6, 6.07) is 0. The van der Waals surface area contributed by atoms with Crippen molar-refractivity contribution in [3.63, 3.8) is 0 Å². The molecule has 0 saturated carbocycles. The number of nitrogens with zero attached hydrogens (tertiary/aromatic N) is 5. The zero-order chi connectivity index (χ0) is 13.8. The Morgan fingerprint density at radius 2 is 2.05 bits per heavy atom. The molecule has 108 valence electrons. The van der Waals surface area contributed by atoms with Crippen molar-refractivity contribution in [2.24, 2.45) is 0 Å². The van der Waals surface area contributed by atoms with Crippen molar-refractivity contribution in [1.29, 1.82) is 0 Å². The Morgan fingerprint density at radius 1 is 1.20 bits per heavy atom. The van der Waals surface area contributed by atoms with Gasteiger partial charge in [-0.1, -0.05) is 6.42 Å². The number of hydrogen-bond donors (Lipinski definition) is 1. The molecule has 6 heteroatoms. The molecular formula is C14H21N5O. The lowest BCUT2D eigenvalue weighted by Gasteiger charge is -2.26. The molecule has 0 spiro atoms. The second kappa shape index (κ2) is 6.28. The molecule has 3 rings (SSSR count). The SMILES string of the molecule is OC(CCCN1CCCCC1)n1ncc2cncnc21. The van der Waals surface area contributed by atoms with Crippen molar-refractivity contribution in [2.75, 3.05) is 19.6 Å². The molecule has 0 aliphatic carbocycles. The molecule has 0 aromatic carbocycles. The third-order valence-corrected chi connectivity index (χ3v) is 3.92. The number of fused-ring (bicyclic) bond motifs is 1. The standard InChI is InChI=1S/C14H21N5O/c20-13(5-4-8-18-6-2-1-3-7-18)19-14-12(10-17-19)9-15-11-16-14/h9-11,13,20H,1-8H2. The quantitative estimate of drug-likeness (QED) is 0.897. The van der Waals surface area contributed by atoms with E-state index in [2.05, 4.69) is 20.0 Å². The van der Waals surface area contributed by atoms with Crippen LogP contribution in [0.2, 0.25) is 0 Å². The van der Waals surface area contributed by atoms with Gasteiger partial charge in [0.2, 0.25) is 0 Å². The van der Waals surface area contributed by atoms with Crippen LogP contribution in [0.25, 0.3) is 11.0 Å². The summed E-state index contributed by atoms with van der Waals surface area (Å²) < 4.78 is 1.59. The summed E-state index contributed by atoms with van der Waals surface area (Å²) in [5.74, 6) is 0. The number of aliphatic hydroxyl groups is 1. The molecule has 1 N–H and O–H groups in total. The first-order valence-electron chi connectivity index (χ1n) is 7.38. The van der Waals surface area contributed by atoms with Gasteiger partial charge < -0.3 is 10.0 Å². The van der Waals surface area contributed by atoms with E-state index in [1.807, 2.05) is 0 Å². The first-order chi connectivity index (χ1) is 9.84. The normalized spacial score (nSPS) is 18.4. The van der Waals surface area contributed by atoms with Crippen LogP contribution in [0.3, 0.4) is 0 Å². The third-order valence-electron chi connectivity index (χ3n) is 3.92. The maximum Gasteiger partial charge on any atom is 0.163 e. The largest absolute Gasteiger partial charge is 0.372 e. The molecule has 20 heavy (non-hydrogen) atoms. The lowest BCUT2D eigenvalue weighted by Crippen LogP contribution is -2.30. The highest BCUT2D eigenvalue weighted by Gasteiger charge is 2.14. The van der Waals surface area contributed by atoms with Gasteiger partial charge in [0.25, 0.3) is 0 Å². The van der Waals surface area contributed by atoms with E-state index >= 15 is 0 Å². The van der Waals surface area contributed by atoms with Crippen LogP contribution in [-0.2, 0) is 0 Å². The summed E-state index contributed by atoms with van der Waals surface area (Å²) in [7, 11) is 0. The second-order valence-electron chi connectivity index (χ2n) is 5.42. The second-order valence-corrected chi connectivity index (χ2v) is 5.42. The molecule has 1 fully saturated rings. The minimum Gasteiger partial charge on any atom is -0.372 e. The van der Waals surface area contributed by atoms with Gasteiger partial charge in [0.05, 0.1) is 11.6 Å².